The van der Waals surface area contributed by atoms with Gasteiger partial charge < -0.3 is 11.1 Å². The van der Waals surface area contributed by atoms with E-state index in [0.717, 1.165) is 6.07 Å². The van der Waals surface area contributed by atoms with E-state index in [-0.39, 0.29) is 41.6 Å². The van der Waals surface area contributed by atoms with Crippen LogP contribution >= 0.6 is 0 Å². The van der Waals surface area contributed by atoms with Gasteiger partial charge in [-0.05, 0) is 26.0 Å². The van der Waals surface area contributed by atoms with Crippen LogP contribution in [0.5, 0.6) is 0 Å². The molecule has 1 aromatic carbocycles. The van der Waals surface area contributed by atoms with Crippen LogP contribution in [0.4, 0.5) is 29.3 Å². The minimum atomic E-state index is -1.33. The molecule has 0 aliphatic carbocycles. The molecule has 0 spiro atoms. The Kier molecular flexibility index (Phi) is 4.53. The zero-order valence-corrected chi connectivity index (χ0v) is 17.5. The van der Waals surface area contributed by atoms with Crippen molar-refractivity contribution in [2.75, 3.05) is 17.7 Å². The highest BCUT2D eigenvalue weighted by Crippen LogP contribution is 2.40. The van der Waals surface area contributed by atoms with Crippen molar-refractivity contribution in [2.24, 2.45) is 4.99 Å². The summed E-state index contributed by atoms with van der Waals surface area (Å²) in [5.74, 6) is -3.26. The molecule has 0 fully saturated rings. The molecule has 12 heteroatoms. The lowest BCUT2D eigenvalue weighted by atomic mass is 9.87. The van der Waals surface area contributed by atoms with E-state index >= 15 is 0 Å². The van der Waals surface area contributed by atoms with Gasteiger partial charge in [-0.2, -0.15) is 10.1 Å². The number of aromatic nitrogens is 2. The smallest absolute Gasteiger partial charge is 0.235 e. The van der Waals surface area contributed by atoms with Crippen molar-refractivity contribution in [1.29, 1.82) is 0 Å². The van der Waals surface area contributed by atoms with Gasteiger partial charge in [0.2, 0.25) is 11.7 Å². The summed E-state index contributed by atoms with van der Waals surface area (Å²) >= 11 is 0. The van der Waals surface area contributed by atoms with Gasteiger partial charge in [0.25, 0.3) is 0 Å². The number of amides is 1. The van der Waals surface area contributed by atoms with Crippen LogP contribution in [0.2, 0.25) is 0 Å². The Hall–Kier alpha value is -3.80. The van der Waals surface area contributed by atoms with Crippen LogP contribution < -0.4 is 16.0 Å². The number of fused-ring (bicyclic) bond motifs is 2. The highest BCUT2D eigenvalue weighted by molar-refractivity contribution is 6.06. The van der Waals surface area contributed by atoms with E-state index in [1.54, 1.807) is 13.8 Å². The molecule has 8 nitrogen and oxygen atoms in total. The highest BCUT2D eigenvalue weighted by Gasteiger charge is 2.44. The molecule has 170 valence electrons. The number of carbonyl (C=O) groups is 1. The van der Waals surface area contributed by atoms with Crippen LogP contribution in [-0.4, -0.2) is 33.5 Å². The van der Waals surface area contributed by atoms with Crippen molar-refractivity contribution in [1.82, 2.24) is 15.1 Å². The third-order valence-corrected chi connectivity index (χ3v) is 5.94. The summed E-state index contributed by atoms with van der Waals surface area (Å²) < 4.78 is 56.2. The molecule has 0 radical (unpaired) electrons. The average molecular weight is 460 g/mol. The van der Waals surface area contributed by atoms with Gasteiger partial charge in [0.05, 0.1) is 17.4 Å². The van der Waals surface area contributed by atoms with E-state index in [2.05, 4.69) is 20.3 Å². The first kappa shape index (κ1) is 21.1. The van der Waals surface area contributed by atoms with E-state index in [0.29, 0.717) is 27.3 Å². The van der Waals surface area contributed by atoms with Crippen molar-refractivity contribution in [3.05, 3.63) is 64.5 Å². The number of nitrogen functional groups attached to an aromatic ring is 1. The summed E-state index contributed by atoms with van der Waals surface area (Å²) in [5.41, 5.74) is 5.78. The first-order valence-corrected chi connectivity index (χ1v) is 9.99. The standard InChI is InChI=1S/C21H17F4N7O/c1-21(2)14-17(26)28-19(29-18(14)30-20(21)33)16-12-5-6-31(25)8-32(12)13(27-16)7-9-10(22)3-4-11(23)15(9)24/h3-6H,7-8H2,1-2H3,(H3,26,28,29,30,33)/p+1. The van der Waals surface area contributed by atoms with Crippen LogP contribution in [-0.2, 0) is 16.6 Å². The molecule has 4 N–H and O–H groups in total. The van der Waals surface area contributed by atoms with Gasteiger partial charge in [0.15, 0.2) is 35.5 Å². The molecule has 33 heavy (non-hydrogen) atoms. The lowest BCUT2D eigenvalue weighted by Gasteiger charge is -2.23. The van der Waals surface area contributed by atoms with Crippen molar-refractivity contribution < 1.29 is 27.3 Å². The lowest BCUT2D eigenvalue weighted by molar-refractivity contribution is -0.777. The van der Waals surface area contributed by atoms with Gasteiger partial charge in [-0.25, -0.2) is 28.0 Å². The van der Waals surface area contributed by atoms with Crippen LogP contribution in [0.3, 0.4) is 0 Å². The number of hydrogen-bond acceptors (Lipinski definition) is 6. The number of nitrogens with two attached hydrogens (primary N) is 1. The summed E-state index contributed by atoms with van der Waals surface area (Å²) in [6.07, 6.45) is 2.18. The zero-order chi connectivity index (χ0) is 23.7. The number of nitrogens with zero attached hydrogens (tertiary/aromatic N) is 4. The molecule has 1 unspecified atom stereocenters. The van der Waals surface area contributed by atoms with Gasteiger partial charge in [0.1, 0.15) is 17.5 Å². The second kappa shape index (κ2) is 7.10. The molecule has 1 atom stereocenters. The summed E-state index contributed by atoms with van der Waals surface area (Å²) in [6.45, 7) is 3.14. The summed E-state index contributed by atoms with van der Waals surface area (Å²) in [7, 11) is 0. The summed E-state index contributed by atoms with van der Waals surface area (Å²) in [4.78, 5) is 25.8. The molecular weight excluding hydrogens is 442 g/mol. The first-order chi connectivity index (χ1) is 15.6. The molecule has 5 rings (SSSR count). The first-order valence-electron chi connectivity index (χ1n) is 9.99. The number of carbonyl (C=O) groups excluding carboxylic acids is 1. The van der Waals surface area contributed by atoms with E-state index in [9.17, 15) is 22.4 Å². The molecule has 0 saturated carbocycles. The molecule has 1 amide bonds. The van der Waals surface area contributed by atoms with Gasteiger partial charge in [-0.3, -0.25) is 4.79 Å². The maximum atomic E-state index is 14.3. The minimum Gasteiger partial charge on any atom is -0.383 e. The minimum absolute atomic E-state index is 0.0592. The van der Waals surface area contributed by atoms with E-state index in [4.69, 9.17) is 5.73 Å². The predicted octanol–water partition coefficient (Wildman–Crippen LogP) is 1.59. The number of anilines is 2. The number of nitrogens with one attached hydrogen (secondary N) is 2. The number of aliphatic imine (C=N–C) groups is 1. The average Bonchev–Trinajstić information content (AvgIpc) is 3.22. The number of hydrogen-bond donors (Lipinski definition) is 3. The fourth-order valence-corrected chi connectivity index (χ4v) is 4.16. The van der Waals surface area contributed by atoms with Crippen molar-refractivity contribution >= 4 is 29.1 Å². The number of benzene rings is 1. The van der Waals surface area contributed by atoms with Crippen molar-refractivity contribution in [3.63, 3.8) is 0 Å². The monoisotopic (exact) mass is 460 g/mol. The Bertz CT molecular complexity index is 1320. The predicted molar refractivity (Wildman–Crippen MR) is 110 cm³/mol. The van der Waals surface area contributed by atoms with Crippen LogP contribution in [0.15, 0.2) is 35.1 Å². The Morgan fingerprint density at radius 2 is 1.94 bits per heavy atom. The number of rotatable bonds is 3. The third kappa shape index (κ3) is 3.17. The maximum absolute atomic E-state index is 14.3. The molecule has 1 aromatic heterocycles. The van der Waals surface area contributed by atoms with Crippen LogP contribution in [0, 0.1) is 17.5 Å². The Morgan fingerprint density at radius 3 is 2.70 bits per heavy atom. The summed E-state index contributed by atoms with van der Waals surface area (Å²) in [6, 6.07) is 1.51. The summed E-state index contributed by atoms with van der Waals surface area (Å²) in [5, 5.41) is 3.05. The largest absolute Gasteiger partial charge is 0.383 e. The molecule has 3 aliphatic heterocycles. The van der Waals surface area contributed by atoms with Crippen LogP contribution in [0.1, 0.15) is 30.8 Å². The molecule has 0 bridgehead atoms. The van der Waals surface area contributed by atoms with Crippen molar-refractivity contribution in [2.45, 2.75) is 25.7 Å². The van der Waals surface area contributed by atoms with Crippen LogP contribution in [0.25, 0.3) is 5.70 Å². The highest BCUT2D eigenvalue weighted by atomic mass is 19.2. The van der Waals surface area contributed by atoms with Gasteiger partial charge >= 0.3 is 0 Å². The van der Waals surface area contributed by atoms with E-state index in [1.807, 2.05) is 0 Å². The second-order valence-electron chi connectivity index (χ2n) is 8.41. The topological polar surface area (TPSA) is 101 Å². The Morgan fingerprint density at radius 1 is 1.21 bits per heavy atom. The Labute approximate surface area is 185 Å². The van der Waals surface area contributed by atoms with E-state index in [1.165, 1.54) is 12.3 Å². The molecule has 4 heterocycles. The van der Waals surface area contributed by atoms with Gasteiger partial charge in [-0.15, -0.1) is 0 Å². The normalized spacial score (nSPS) is 20.7. The molecule has 0 saturated heterocycles. The molecule has 2 aromatic rings. The maximum Gasteiger partial charge on any atom is 0.235 e. The number of halogens is 4. The number of amidine groups is 1. The number of allylic oxidation sites excluding steroid dienone is 1. The SMILES string of the molecule is CC1(C)C(=O)Nc2nc(C3=C4C=CN(F)C[NH+]4C(Cc4c(F)ccc(F)c4F)=N3)nc(N)c21. The quantitative estimate of drug-likeness (QED) is 0.367. The van der Waals surface area contributed by atoms with Gasteiger partial charge in [0, 0.05) is 17.8 Å². The fraction of sp³-hybridized carbons (Fsp3) is 0.238. The molecule has 3 aliphatic rings. The lowest BCUT2D eigenvalue weighted by Crippen LogP contribution is -3.13. The Balaban J connectivity index is 1.61. The number of quaternary nitrogens is 1. The van der Waals surface area contributed by atoms with Gasteiger partial charge in [-0.1, -0.05) is 4.48 Å². The fourth-order valence-electron chi connectivity index (χ4n) is 4.16. The van der Waals surface area contributed by atoms with E-state index < -0.39 is 34.9 Å². The second-order valence-corrected chi connectivity index (χ2v) is 8.41. The third-order valence-electron chi connectivity index (χ3n) is 5.94. The zero-order valence-electron chi connectivity index (χ0n) is 17.5. The van der Waals surface area contributed by atoms with Crippen molar-refractivity contribution in [3.8, 4) is 0 Å². The molecular formula is C21H18F4N7O+.